The summed E-state index contributed by atoms with van der Waals surface area (Å²) in [6.07, 6.45) is 0. The Bertz CT molecular complexity index is 370. The fraction of sp³-hybridized carbons (Fsp3) is 0.250. The number of carbonyl (C=O) groups is 1. The van der Waals surface area contributed by atoms with E-state index in [1.807, 2.05) is 44.2 Å². The Kier molecular flexibility index (Phi) is 3.53. The van der Waals surface area contributed by atoms with E-state index < -0.39 is 5.54 Å². The minimum atomic E-state index is -0.448. The molecule has 0 spiro atoms. The Hall–Kier alpha value is -1.28. The molecule has 2 nitrogen and oxygen atoms in total. The highest BCUT2D eigenvalue weighted by molar-refractivity contribution is 6.41. The van der Waals surface area contributed by atoms with Gasteiger partial charge < -0.3 is 5.32 Å². The van der Waals surface area contributed by atoms with Gasteiger partial charge in [-0.25, -0.2) is 0 Å². The van der Waals surface area contributed by atoms with E-state index in [9.17, 15) is 4.79 Å². The van der Waals surface area contributed by atoms with Crippen LogP contribution in [0.25, 0.3) is 0 Å². The normalized spacial score (nSPS) is 10.9. The molecular formula is C12H14ClNO. The van der Waals surface area contributed by atoms with E-state index in [4.69, 9.17) is 11.6 Å². The van der Waals surface area contributed by atoms with Crippen molar-refractivity contribution in [2.24, 2.45) is 0 Å². The average molecular weight is 224 g/mol. The van der Waals surface area contributed by atoms with Gasteiger partial charge in [0.25, 0.3) is 5.91 Å². The first-order valence-corrected chi connectivity index (χ1v) is 5.04. The van der Waals surface area contributed by atoms with Crippen molar-refractivity contribution in [2.45, 2.75) is 19.4 Å². The Labute approximate surface area is 94.9 Å². The smallest absolute Gasteiger partial charge is 0.262 e. The van der Waals surface area contributed by atoms with E-state index in [-0.39, 0.29) is 10.9 Å². The molecule has 1 aromatic rings. The Balaban J connectivity index is 2.85. The summed E-state index contributed by atoms with van der Waals surface area (Å²) in [5.41, 5.74) is 0.576. The lowest BCUT2D eigenvalue weighted by molar-refractivity contribution is -0.118. The van der Waals surface area contributed by atoms with E-state index >= 15 is 0 Å². The number of halogens is 1. The zero-order chi connectivity index (χ0) is 11.5. The molecule has 1 N–H and O–H groups in total. The van der Waals surface area contributed by atoms with E-state index in [1.54, 1.807) is 0 Å². The van der Waals surface area contributed by atoms with E-state index in [2.05, 4.69) is 11.9 Å². The molecule has 0 atom stereocenters. The maximum absolute atomic E-state index is 11.4. The zero-order valence-corrected chi connectivity index (χ0v) is 9.64. The second kappa shape index (κ2) is 4.49. The fourth-order valence-corrected chi connectivity index (χ4v) is 1.33. The van der Waals surface area contributed by atoms with Crippen molar-refractivity contribution in [3.63, 3.8) is 0 Å². The van der Waals surface area contributed by atoms with Gasteiger partial charge in [0.2, 0.25) is 0 Å². The number of hydrogen-bond acceptors (Lipinski definition) is 1. The third-order valence-corrected chi connectivity index (χ3v) is 2.34. The van der Waals surface area contributed by atoms with Crippen LogP contribution in [0.4, 0.5) is 0 Å². The lowest BCUT2D eigenvalue weighted by Gasteiger charge is -2.26. The van der Waals surface area contributed by atoms with Gasteiger partial charge in [0.15, 0.2) is 0 Å². The van der Waals surface area contributed by atoms with Crippen LogP contribution in [0.2, 0.25) is 0 Å². The van der Waals surface area contributed by atoms with Gasteiger partial charge in [0.1, 0.15) is 0 Å². The van der Waals surface area contributed by atoms with Crippen molar-refractivity contribution in [3.05, 3.63) is 47.5 Å². The Morgan fingerprint density at radius 1 is 1.33 bits per heavy atom. The van der Waals surface area contributed by atoms with Crippen molar-refractivity contribution >= 4 is 17.5 Å². The molecule has 1 aromatic carbocycles. The van der Waals surface area contributed by atoms with Gasteiger partial charge in [-0.05, 0) is 19.4 Å². The minimum absolute atomic E-state index is 0.000920. The van der Waals surface area contributed by atoms with Gasteiger partial charge in [-0.2, -0.15) is 0 Å². The summed E-state index contributed by atoms with van der Waals surface area (Å²) in [5, 5.41) is 2.80. The average Bonchev–Trinajstić information content (AvgIpc) is 2.18. The van der Waals surface area contributed by atoms with Crippen LogP contribution in [0, 0.1) is 0 Å². The highest BCUT2D eigenvalue weighted by atomic mass is 35.5. The second-order valence-electron chi connectivity index (χ2n) is 3.85. The van der Waals surface area contributed by atoms with E-state index in [0.29, 0.717) is 0 Å². The van der Waals surface area contributed by atoms with Gasteiger partial charge in [0, 0.05) is 0 Å². The predicted octanol–water partition coefficient (Wildman–Crippen LogP) is 2.79. The quantitative estimate of drug-likeness (QED) is 0.785. The third kappa shape index (κ3) is 3.10. The number of carbonyl (C=O) groups excluding carboxylic acids is 1. The van der Waals surface area contributed by atoms with Crippen LogP contribution < -0.4 is 5.32 Å². The van der Waals surface area contributed by atoms with Gasteiger partial charge in [-0.15, -0.1) is 0 Å². The Morgan fingerprint density at radius 2 is 1.87 bits per heavy atom. The van der Waals surface area contributed by atoms with Gasteiger partial charge in [-0.1, -0.05) is 48.5 Å². The maximum Gasteiger partial charge on any atom is 0.262 e. The summed E-state index contributed by atoms with van der Waals surface area (Å²) < 4.78 is 0. The summed E-state index contributed by atoms with van der Waals surface area (Å²) >= 11 is 5.52. The summed E-state index contributed by atoms with van der Waals surface area (Å²) in [5.74, 6) is -0.342. The molecule has 80 valence electrons. The van der Waals surface area contributed by atoms with Crippen LogP contribution in [-0.4, -0.2) is 5.91 Å². The van der Waals surface area contributed by atoms with Gasteiger partial charge in [-0.3, -0.25) is 4.79 Å². The molecule has 0 radical (unpaired) electrons. The first-order chi connectivity index (χ1) is 6.93. The van der Waals surface area contributed by atoms with Crippen LogP contribution in [0.15, 0.2) is 41.9 Å². The molecular weight excluding hydrogens is 210 g/mol. The summed E-state index contributed by atoms with van der Waals surface area (Å²) in [7, 11) is 0. The molecule has 0 fully saturated rings. The zero-order valence-electron chi connectivity index (χ0n) is 8.88. The number of rotatable bonds is 3. The predicted molar refractivity (Wildman–Crippen MR) is 62.6 cm³/mol. The number of amides is 1. The van der Waals surface area contributed by atoms with Crippen LogP contribution in [0.3, 0.4) is 0 Å². The minimum Gasteiger partial charge on any atom is -0.342 e. The van der Waals surface area contributed by atoms with Gasteiger partial charge >= 0.3 is 0 Å². The molecule has 0 aliphatic carbocycles. The monoisotopic (exact) mass is 223 g/mol. The van der Waals surface area contributed by atoms with Crippen molar-refractivity contribution in [1.82, 2.24) is 5.32 Å². The topological polar surface area (TPSA) is 29.1 Å². The molecule has 3 heteroatoms. The fourth-order valence-electron chi connectivity index (χ4n) is 1.28. The lowest BCUT2D eigenvalue weighted by Crippen LogP contribution is -2.40. The van der Waals surface area contributed by atoms with Gasteiger partial charge in [0.05, 0.1) is 10.6 Å². The van der Waals surface area contributed by atoms with Crippen LogP contribution in [0.5, 0.6) is 0 Å². The Morgan fingerprint density at radius 3 is 2.33 bits per heavy atom. The lowest BCUT2D eigenvalue weighted by atomic mass is 9.94. The molecule has 1 amide bonds. The molecule has 0 aromatic heterocycles. The van der Waals surface area contributed by atoms with Crippen LogP contribution >= 0.6 is 11.6 Å². The molecule has 0 unspecified atom stereocenters. The first-order valence-electron chi connectivity index (χ1n) is 4.66. The van der Waals surface area contributed by atoms with Crippen LogP contribution in [0.1, 0.15) is 19.4 Å². The van der Waals surface area contributed by atoms with Crippen molar-refractivity contribution in [2.75, 3.05) is 0 Å². The maximum atomic E-state index is 11.4. The summed E-state index contributed by atoms with van der Waals surface area (Å²) in [6.45, 7) is 7.22. The first kappa shape index (κ1) is 11.8. The van der Waals surface area contributed by atoms with E-state index in [1.165, 1.54) is 0 Å². The van der Waals surface area contributed by atoms with Crippen LogP contribution in [-0.2, 0) is 10.3 Å². The largest absolute Gasteiger partial charge is 0.342 e. The van der Waals surface area contributed by atoms with Crippen molar-refractivity contribution < 1.29 is 4.79 Å². The molecule has 0 aliphatic heterocycles. The molecule has 0 saturated heterocycles. The molecule has 0 heterocycles. The third-order valence-electron chi connectivity index (χ3n) is 2.17. The highest BCUT2D eigenvalue weighted by Gasteiger charge is 2.22. The molecule has 0 saturated carbocycles. The summed E-state index contributed by atoms with van der Waals surface area (Å²) in [4.78, 5) is 11.4. The molecule has 0 bridgehead atoms. The second-order valence-corrected chi connectivity index (χ2v) is 4.31. The molecule has 0 aliphatic rings. The number of nitrogens with one attached hydrogen (secondary N) is 1. The standard InChI is InChI=1S/C12H14ClNO/c1-9(13)11(15)14-12(2,3)10-7-5-4-6-8-10/h4-8H,1H2,2-3H3,(H,14,15). The van der Waals surface area contributed by atoms with E-state index in [0.717, 1.165) is 5.56 Å². The molecule has 1 rings (SSSR count). The SMILES string of the molecule is C=C(Cl)C(=O)NC(C)(C)c1ccccc1. The van der Waals surface area contributed by atoms with Crippen molar-refractivity contribution in [1.29, 1.82) is 0 Å². The number of hydrogen-bond donors (Lipinski definition) is 1. The highest BCUT2D eigenvalue weighted by Crippen LogP contribution is 2.19. The number of benzene rings is 1. The van der Waals surface area contributed by atoms with Crippen molar-refractivity contribution in [3.8, 4) is 0 Å². The summed E-state index contributed by atoms with van der Waals surface area (Å²) in [6, 6.07) is 9.70. The molecule has 15 heavy (non-hydrogen) atoms.